The summed E-state index contributed by atoms with van der Waals surface area (Å²) in [6.07, 6.45) is 5.03. The number of benzene rings is 2. The second-order valence-electron chi connectivity index (χ2n) is 9.81. The molecule has 0 unspecified atom stereocenters. The van der Waals surface area contributed by atoms with E-state index >= 15 is 0 Å². The van der Waals surface area contributed by atoms with E-state index in [0.717, 1.165) is 45.3 Å². The Balaban J connectivity index is 2.00. The lowest BCUT2D eigenvalue weighted by Crippen LogP contribution is -2.34. The van der Waals surface area contributed by atoms with E-state index in [1.165, 1.54) is 43.4 Å². The minimum absolute atomic E-state index is 0.0695. The third-order valence-corrected chi connectivity index (χ3v) is 7.14. The van der Waals surface area contributed by atoms with Crippen molar-refractivity contribution in [1.82, 2.24) is 9.80 Å². The average molecular weight is 554 g/mol. The SMILES string of the molecule is CCCCN(CCCC)CCCN1C(=O)C(=O)C(=C(O)c2ccc([N+](=O)[O-])cc2)[C@H]1c1ccc(OC)c(OC)c1. The molecule has 0 spiro atoms. The van der Waals surface area contributed by atoms with Crippen molar-refractivity contribution in [2.45, 2.75) is 52.0 Å². The monoisotopic (exact) mass is 553 g/mol. The molecule has 1 N–H and O–H groups in total. The third kappa shape index (κ3) is 6.98. The molecular weight excluding hydrogens is 514 g/mol. The summed E-state index contributed by atoms with van der Waals surface area (Å²) >= 11 is 0. The number of likely N-dealkylation sites (tertiary alicyclic amines) is 1. The van der Waals surface area contributed by atoms with Crippen LogP contribution in [0.3, 0.4) is 0 Å². The fraction of sp³-hybridized carbons (Fsp3) is 0.467. The summed E-state index contributed by atoms with van der Waals surface area (Å²) in [5.74, 6) is -0.975. The van der Waals surface area contributed by atoms with Gasteiger partial charge in [-0.05, 0) is 68.7 Å². The molecule has 1 heterocycles. The van der Waals surface area contributed by atoms with Crippen molar-refractivity contribution in [1.29, 1.82) is 0 Å². The number of non-ortho nitro benzene ring substituents is 1. The Bertz CT molecular complexity index is 1220. The summed E-state index contributed by atoms with van der Waals surface area (Å²) in [5.41, 5.74) is 0.567. The zero-order valence-corrected chi connectivity index (χ0v) is 23.7. The van der Waals surface area contributed by atoms with Gasteiger partial charge in [0, 0.05) is 24.2 Å². The van der Waals surface area contributed by atoms with E-state index in [-0.39, 0.29) is 22.6 Å². The lowest BCUT2D eigenvalue weighted by atomic mass is 9.95. The Kier molecular flexibility index (Phi) is 11.1. The lowest BCUT2D eigenvalue weighted by molar-refractivity contribution is -0.384. The quantitative estimate of drug-likeness (QED) is 0.103. The number of aliphatic hydroxyl groups excluding tert-OH is 1. The molecule has 0 bridgehead atoms. The second-order valence-corrected chi connectivity index (χ2v) is 9.81. The van der Waals surface area contributed by atoms with Crippen molar-refractivity contribution in [3.63, 3.8) is 0 Å². The Morgan fingerprint density at radius 3 is 2.10 bits per heavy atom. The highest BCUT2D eigenvalue weighted by Gasteiger charge is 2.46. The number of carbonyl (C=O) groups is 2. The van der Waals surface area contributed by atoms with E-state index in [4.69, 9.17) is 9.47 Å². The number of nitro benzene ring substituents is 1. The summed E-state index contributed by atoms with van der Waals surface area (Å²) in [5, 5.41) is 22.4. The van der Waals surface area contributed by atoms with Gasteiger partial charge in [-0.3, -0.25) is 19.7 Å². The van der Waals surface area contributed by atoms with Gasteiger partial charge < -0.3 is 24.4 Å². The number of Topliss-reactive ketones (excluding diaryl/α,β-unsaturated/α-hetero) is 1. The summed E-state index contributed by atoms with van der Waals surface area (Å²) in [6.45, 7) is 7.37. The van der Waals surface area contributed by atoms with Gasteiger partial charge in [0.2, 0.25) is 0 Å². The fourth-order valence-electron chi connectivity index (χ4n) is 4.94. The number of nitrogens with zero attached hydrogens (tertiary/aromatic N) is 3. The molecule has 0 aromatic heterocycles. The highest BCUT2D eigenvalue weighted by molar-refractivity contribution is 6.46. The number of carbonyl (C=O) groups excluding carboxylic acids is 2. The van der Waals surface area contributed by atoms with Crippen LogP contribution in [0.25, 0.3) is 5.76 Å². The molecule has 0 aliphatic carbocycles. The number of rotatable bonds is 15. The van der Waals surface area contributed by atoms with E-state index < -0.39 is 22.7 Å². The predicted molar refractivity (Wildman–Crippen MR) is 153 cm³/mol. The first-order chi connectivity index (χ1) is 19.3. The minimum atomic E-state index is -0.866. The van der Waals surface area contributed by atoms with Crippen LogP contribution in [-0.2, 0) is 9.59 Å². The van der Waals surface area contributed by atoms with E-state index in [9.17, 15) is 24.8 Å². The topological polar surface area (TPSA) is 122 Å². The molecule has 1 fully saturated rings. The number of amides is 1. The van der Waals surface area contributed by atoms with E-state index in [1.54, 1.807) is 18.2 Å². The summed E-state index contributed by atoms with van der Waals surface area (Å²) in [7, 11) is 3.01. The number of unbranched alkanes of at least 4 members (excludes halogenated alkanes) is 2. The molecule has 1 amide bonds. The number of methoxy groups -OCH3 is 2. The Labute approximate surface area is 235 Å². The maximum atomic E-state index is 13.4. The predicted octanol–water partition coefficient (Wildman–Crippen LogP) is 5.33. The molecule has 2 aromatic rings. The van der Waals surface area contributed by atoms with Crippen LogP contribution in [0, 0.1) is 10.1 Å². The number of hydrogen-bond donors (Lipinski definition) is 1. The smallest absolute Gasteiger partial charge is 0.295 e. The van der Waals surface area contributed by atoms with Gasteiger partial charge in [-0.2, -0.15) is 0 Å². The van der Waals surface area contributed by atoms with Crippen molar-refractivity contribution < 1.29 is 29.1 Å². The van der Waals surface area contributed by atoms with Crippen molar-refractivity contribution in [2.75, 3.05) is 40.4 Å². The van der Waals surface area contributed by atoms with Crippen LogP contribution in [0.4, 0.5) is 5.69 Å². The Hall–Kier alpha value is -3.92. The molecule has 216 valence electrons. The molecule has 40 heavy (non-hydrogen) atoms. The molecule has 10 nitrogen and oxygen atoms in total. The maximum Gasteiger partial charge on any atom is 0.295 e. The fourth-order valence-corrected chi connectivity index (χ4v) is 4.94. The van der Waals surface area contributed by atoms with E-state index in [2.05, 4.69) is 18.7 Å². The molecule has 1 atom stereocenters. The van der Waals surface area contributed by atoms with Gasteiger partial charge in [-0.1, -0.05) is 32.8 Å². The second kappa shape index (κ2) is 14.5. The zero-order valence-electron chi connectivity index (χ0n) is 23.7. The van der Waals surface area contributed by atoms with Crippen LogP contribution >= 0.6 is 0 Å². The highest BCUT2D eigenvalue weighted by Crippen LogP contribution is 2.42. The molecule has 2 aromatic carbocycles. The number of aliphatic hydroxyl groups is 1. The third-order valence-electron chi connectivity index (χ3n) is 7.14. The zero-order chi connectivity index (χ0) is 29.2. The number of ketones is 1. The maximum absolute atomic E-state index is 13.4. The van der Waals surface area contributed by atoms with Crippen molar-refractivity contribution in [3.8, 4) is 11.5 Å². The summed E-state index contributed by atoms with van der Waals surface area (Å²) < 4.78 is 10.8. The molecule has 1 saturated heterocycles. The number of ether oxygens (including phenoxy) is 2. The minimum Gasteiger partial charge on any atom is -0.507 e. The molecule has 0 saturated carbocycles. The number of nitro groups is 1. The van der Waals surface area contributed by atoms with Gasteiger partial charge in [-0.25, -0.2) is 0 Å². The normalized spacial score (nSPS) is 16.5. The van der Waals surface area contributed by atoms with Crippen LogP contribution in [0.15, 0.2) is 48.0 Å². The molecule has 10 heteroatoms. The molecule has 3 rings (SSSR count). The van der Waals surface area contributed by atoms with Gasteiger partial charge in [0.25, 0.3) is 17.4 Å². The van der Waals surface area contributed by atoms with Crippen LogP contribution in [0.2, 0.25) is 0 Å². The molecular formula is C30H39N3O7. The largest absolute Gasteiger partial charge is 0.507 e. The average Bonchev–Trinajstić information content (AvgIpc) is 3.22. The standard InChI is InChI=1S/C30H39N3O7/c1-5-7-16-31(17-8-6-2)18-9-19-32-27(22-12-15-24(39-3)25(20-22)40-4)26(29(35)30(32)36)28(34)21-10-13-23(14-11-21)33(37)38/h10-15,20,27,34H,5-9,16-19H2,1-4H3/t27-/m1/s1. The van der Waals surface area contributed by atoms with Gasteiger partial charge in [0.05, 0.1) is 30.8 Å². The first kappa shape index (κ1) is 30.6. The Morgan fingerprint density at radius 1 is 0.950 bits per heavy atom. The highest BCUT2D eigenvalue weighted by atomic mass is 16.6. The summed E-state index contributed by atoms with van der Waals surface area (Å²) in [4.78, 5) is 41.2. The molecule has 1 aliphatic rings. The molecule has 0 radical (unpaired) electrons. The van der Waals surface area contributed by atoms with Gasteiger partial charge in [0.1, 0.15) is 5.76 Å². The summed E-state index contributed by atoms with van der Waals surface area (Å²) in [6, 6.07) is 9.49. The van der Waals surface area contributed by atoms with Gasteiger partial charge >= 0.3 is 0 Å². The van der Waals surface area contributed by atoms with Crippen LogP contribution in [-0.4, -0.2) is 71.9 Å². The van der Waals surface area contributed by atoms with E-state index in [0.29, 0.717) is 30.0 Å². The van der Waals surface area contributed by atoms with E-state index in [1.807, 2.05) is 0 Å². The van der Waals surface area contributed by atoms with Crippen LogP contribution in [0.1, 0.15) is 63.1 Å². The van der Waals surface area contributed by atoms with Crippen molar-refractivity contribution >= 4 is 23.1 Å². The van der Waals surface area contributed by atoms with Crippen molar-refractivity contribution in [2.24, 2.45) is 0 Å². The first-order valence-corrected chi connectivity index (χ1v) is 13.7. The van der Waals surface area contributed by atoms with Gasteiger partial charge in [-0.15, -0.1) is 0 Å². The number of hydrogen-bond acceptors (Lipinski definition) is 8. The lowest BCUT2D eigenvalue weighted by Gasteiger charge is -2.28. The first-order valence-electron chi connectivity index (χ1n) is 13.7. The van der Waals surface area contributed by atoms with Crippen LogP contribution in [0.5, 0.6) is 11.5 Å². The van der Waals surface area contributed by atoms with Crippen molar-refractivity contribution in [3.05, 3.63) is 69.3 Å². The Morgan fingerprint density at radius 2 is 1.55 bits per heavy atom. The van der Waals surface area contributed by atoms with Gasteiger partial charge in [0.15, 0.2) is 11.5 Å². The van der Waals surface area contributed by atoms with Crippen LogP contribution < -0.4 is 9.47 Å². The molecule has 1 aliphatic heterocycles.